The summed E-state index contributed by atoms with van der Waals surface area (Å²) in [4.78, 5) is 76.8. The summed E-state index contributed by atoms with van der Waals surface area (Å²) in [6.07, 6.45) is 7.67. The Morgan fingerprint density at radius 1 is 0.826 bits per heavy atom. The lowest BCUT2D eigenvalue weighted by Gasteiger charge is -2.27. The molecular formula is C33H37Cl2N3O8. The molecule has 4 rings (SSSR count). The van der Waals surface area contributed by atoms with Gasteiger partial charge in [0.2, 0.25) is 5.91 Å². The Bertz CT molecular complexity index is 1470. The molecule has 1 saturated carbocycles. The van der Waals surface area contributed by atoms with E-state index in [0.717, 1.165) is 68.9 Å². The van der Waals surface area contributed by atoms with E-state index in [1.807, 2.05) is 12.1 Å². The number of carboxylic acids is 1. The van der Waals surface area contributed by atoms with Crippen LogP contribution in [0.25, 0.3) is 0 Å². The van der Waals surface area contributed by atoms with Crippen molar-refractivity contribution in [2.75, 3.05) is 11.9 Å². The summed E-state index contributed by atoms with van der Waals surface area (Å²) in [6.45, 7) is -0.873. The SMILES string of the molecule is O=C(O)C[C@H](NC(=O)[C@H](CC1CCCCC1)NC(=O)C(=O)Nc1cccc2c1CCCC2)C(=O)COC(=O)c1c(Cl)cccc1Cl. The Morgan fingerprint density at radius 2 is 1.50 bits per heavy atom. The van der Waals surface area contributed by atoms with Crippen molar-refractivity contribution in [3.05, 3.63) is 63.1 Å². The van der Waals surface area contributed by atoms with Gasteiger partial charge in [0.25, 0.3) is 0 Å². The molecule has 0 aromatic heterocycles. The fourth-order valence-corrected chi connectivity index (χ4v) is 6.54. The quantitative estimate of drug-likeness (QED) is 0.186. The average molecular weight is 675 g/mol. The van der Waals surface area contributed by atoms with Crippen molar-refractivity contribution in [2.45, 2.75) is 82.7 Å². The van der Waals surface area contributed by atoms with Gasteiger partial charge >= 0.3 is 23.8 Å². The van der Waals surface area contributed by atoms with Crippen molar-refractivity contribution in [3.63, 3.8) is 0 Å². The first-order chi connectivity index (χ1) is 22.0. The molecule has 1 fully saturated rings. The molecule has 4 N–H and O–H groups in total. The molecule has 246 valence electrons. The van der Waals surface area contributed by atoms with Gasteiger partial charge < -0.3 is 25.8 Å². The summed E-state index contributed by atoms with van der Waals surface area (Å²) in [6, 6.07) is 7.08. The van der Waals surface area contributed by atoms with Crippen LogP contribution >= 0.6 is 23.2 Å². The largest absolute Gasteiger partial charge is 0.481 e. The summed E-state index contributed by atoms with van der Waals surface area (Å²) >= 11 is 12.1. The molecule has 3 amide bonds. The lowest BCUT2D eigenvalue weighted by molar-refractivity contribution is -0.141. The first-order valence-corrected chi connectivity index (χ1v) is 16.2. The van der Waals surface area contributed by atoms with Crippen LogP contribution in [0.3, 0.4) is 0 Å². The average Bonchev–Trinajstić information content (AvgIpc) is 3.03. The molecule has 13 heteroatoms. The molecule has 0 radical (unpaired) electrons. The number of rotatable bonds is 12. The van der Waals surface area contributed by atoms with E-state index in [0.29, 0.717) is 5.69 Å². The Labute approximate surface area is 276 Å². The maximum Gasteiger partial charge on any atom is 0.341 e. The molecular weight excluding hydrogens is 637 g/mol. The number of nitrogens with one attached hydrogen (secondary N) is 3. The number of carbonyl (C=O) groups excluding carboxylic acids is 5. The molecule has 0 spiro atoms. The zero-order valence-corrected chi connectivity index (χ0v) is 26.8. The van der Waals surface area contributed by atoms with E-state index >= 15 is 0 Å². The number of aliphatic carboxylic acids is 1. The molecule has 2 atom stereocenters. The molecule has 2 aromatic rings. The Kier molecular flexibility index (Phi) is 12.6. The van der Waals surface area contributed by atoms with Gasteiger partial charge in [0.15, 0.2) is 12.4 Å². The molecule has 2 aromatic carbocycles. The second-order valence-electron chi connectivity index (χ2n) is 11.7. The molecule has 46 heavy (non-hydrogen) atoms. The number of anilines is 1. The first kappa shape index (κ1) is 34.9. The number of Topliss-reactive ketones (excluding diaryl/α,β-unsaturated/α-hetero) is 1. The Balaban J connectivity index is 1.44. The topological polar surface area (TPSA) is 168 Å². The highest BCUT2D eigenvalue weighted by atomic mass is 35.5. The smallest absolute Gasteiger partial charge is 0.341 e. The van der Waals surface area contributed by atoms with Gasteiger partial charge in [-0.3, -0.25) is 24.0 Å². The van der Waals surface area contributed by atoms with Gasteiger partial charge in [-0.15, -0.1) is 0 Å². The van der Waals surface area contributed by atoms with E-state index in [4.69, 9.17) is 27.9 Å². The third-order valence-electron chi connectivity index (χ3n) is 8.36. The number of carbonyl (C=O) groups is 6. The highest BCUT2D eigenvalue weighted by molar-refractivity contribution is 6.40. The molecule has 2 aliphatic rings. The van der Waals surface area contributed by atoms with Crippen LogP contribution in [0.15, 0.2) is 36.4 Å². The number of ketones is 1. The molecule has 0 bridgehead atoms. The zero-order chi connectivity index (χ0) is 33.2. The van der Waals surface area contributed by atoms with Crippen molar-refractivity contribution in [2.24, 2.45) is 5.92 Å². The number of ether oxygens (including phenoxy) is 1. The van der Waals surface area contributed by atoms with Gasteiger partial charge in [0.05, 0.1) is 22.0 Å². The highest BCUT2D eigenvalue weighted by Gasteiger charge is 2.32. The lowest BCUT2D eigenvalue weighted by Crippen LogP contribution is -2.54. The van der Waals surface area contributed by atoms with Crippen molar-refractivity contribution in [1.82, 2.24) is 10.6 Å². The number of aryl methyl sites for hydroxylation is 1. The van der Waals surface area contributed by atoms with Crippen LogP contribution in [0.5, 0.6) is 0 Å². The lowest BCUT2D eigenvalue weighted by atomic mass is 9.84. The normalized spacial score (nSPS) is 15.9. The minimum absolute atomic E-state index is 0.00202. The molecule has 0 heterocycles. The molecule has 0 unspecified atom stereocenters. The van der Waals surface area contributed by atoms with E-state index in [-0.39, 0.29) is 27.9 Å². The molecule has 0 saturated heterocycles. The van der Waals surface area contributed by atoms with E-state index in [9.17, 15) is 33.9 Å². The number of hydrogen-bond donors (Lipinski definition) is 4. The van der Waals surface area contributed by atoms with Crippen LogP contribution in [0.2, 0.25) is 10.0 Å². The predicted molar refractivity (Wildman–Crippen MR) is 171 cm³/mol. The standard InChI is InChI=1S/C33H37Cl2N3O8/c34-22-13-7-14-23(35)29(22)33(45)46-18-27(39)25(17-28(40)41)37-30(42)26(16-19-8-2-1-3-9-19)38-32(44)31(43)36-24-15-6-11-20-10-4-5-12-21(20)24/h6-7,11,13-15,19,25-26H,1-5,8-10,12,16-18H2,(H,36,43)(H,37,42)(H,38,44)(H,40,41)/t25-,26-/m0/s1. The Morgan fingerprint density at radius 3 is 2.20 bits per heavy atom. The van der Waals surface area contributed by atoms with Gasteiger partial charge in [-0.2, -0.15) is 0 Å². The van der Waals surface area contributed by atoms with E-state index < -0.39 is 60.6 Å². The first-order valence-electron chi connectivity index (χ1n) is 15.4. The fourth-order valence-electron chi connectivity index (χ4n) is 5.98. The minimum atomic E-state index is -1.59. The number of benzene rings is 2. The maximum atomic E-state index is 13.5. The second kappa shape index (κ2) is 16.6. The van der Waals surface area contributed by atoms with Gasteiger partial charge in [0.1, 0.15) is 12.1 Å². The summed E-state index contributed by atoms with van der Waals surface area (Å²) in [5.41, 5.74) is 2.49. The molecule has 0 aliphatic heterocycles. The molecule has 2 aliphatic carbocycles. The van der Waals surface area contributed by atoms with Crippen LogP contribution in [0.4, 0.5) is 5.69 Å². The summed E-state index contributed by atoms with van der Waals surface area (Å²) < 4.78 is 5.05. The highest BCUT2D eigenvalue weighted by Crippen LogP contribution is 2.29. The number of amides is 3. The Hall–Kier alpha value is -3.96. The predicted octanol–water partition coefficient (Wildman–Crippen LogP) is 4.65. The number of esters is 1. The zero-order valence-electron chi connectivity index (χ0n) is 25.2. The maximum absolute atomic E-state index is 13.5. The fraction of sp³-hybridized carbons (Fsp3) is 0.455. The number of hydrogen-bond acceptors (Lipinski definition) is 7. The minimum Gasteiger partial charge on any atom is -0.481 e. The van der Waals surface area contributed by atoms with Crippen LogP contribution in [-0.4, -0.2) is 59.2 Å². The summed E-state index contributed by atoms with van der Waals surface area (Å²) in [5, 5.41) is 17.0. The van der Waals surface area contributed by atoms with Crippen LogP contribution in [0, 0.1) is 5.92 Å². The van der Waals surface area contributed by atoms with Crippen molar-refractivity contribution in [1.29, 1.82) is 0 Å². The van der Waals surface area contributed by atoms with Crippen molar-refractivity contribution >= 4 is 64.3 Å². The third kappa shape index (κ3) is 9.53. The monoisotopic (exact) mass is 673 g/mol. The number of fused-ring (bicyclic) bond motifs is 1. The van der Waals surface area contributed by atoms with Gasteiger partial charge in [-0.05, 0) is 67.3 Å². The van der Waals surface area contributed by atoms with Crippen molar-refractivity contribution in [3.8, 4) is 0 Å². The van der Waals surface area contributed by atoms with Gasteiger partial charge in [-0.25, -0.2) is 4.79 Å². The van der Waals surface area contributed by atoms with Crippen LogP contribution < -0.4 is 16.0 Å². The van der Waals surface area contributed by atoms with E-state index in [2.05, 4.69) is 16.0 Å². The van der Waals surface area contributed by atoms with Gasteiger partial charge in [-0.1, -0.05) is 73.5 Å². The van der Waals surface area contributed by atoms with E-state index in [1.54, 1.807) is 6.07 Å². The van der Waals surface area contributed by atoms with E-state index in [1.165, 1.54) is 18.2 Å². The number of carboxylic acid groups (broad SMARTS) is 1. The summed E-state index contributed by atoms with van der Waals surface area (Å²) in [5.74, 6) is -6.02. The second-order valence-corrected chi connectivity index (χ2v) is 12.5. The van der Waals surface area contributed by atoms with Crippen molar-refractivity contribution < 1.29 is 38.6 Å². The number of halogens is 2. The molecule has 11 nitrogen and oxygen atoms in total. The van der Waals surface area contributed by atoms with Crippen LogP contribution in [-0.2, 0) is 41.6 Å². The summed E-state index contributed by atoms with van der Waals surface area (Å²) in [7, 11) is 0. The van der Waals surface area contributed by atoms with Crippen LogP contribution in [0.1, 0.15) is 79.3 Å². The van der Waals surface area contributed by atoms with Gasteiger partial charge in [0, 0.05) is 5.69 Å². The third-order valence-corrected chi connectivity index (χ3v) is 8.99.